The molecule has 0 saturated carbocycles. The van der Waals surface area contributed by atoms with Crippen LogP contribution in [0.2, 0.25) is 0 Å². The van der Waals surface area contributed by atoms with E-state index < -0.39 is 6.10 Å². The van der Waals surface area contributed by atoms with Gasteiger partial charge in [-0.15, -0.1) is 0 Å². The summed E-state index contributed by atoms with van der Waals surface area (Å²) in [5.41, 5.74) is 1.11. The second-order valence-corrected chi connectivity index (χ2v) is 5.02. The molecule has 2 fully saturated rings. The van der Waals surface area contributed by atoms with Gasteiger partial charge in [0.1, 0.15) is 5.82 Å². The van der Waals surface area contributed by atoms with Crippen LogP contribution in [0.25, 0.3) is 0 Å². The summed E-state index contributed by atoms with van der Waals surface area (Å²) in [6, 6.07) is 3.82. The van der Waals surface area contributed by atoms with Gasteiger partial charge in [0.15, 0.2) is 6.10 Å². The average Bonchev–Trinajstić information content (AvgIpc) is 3.03. The third-order valence-electron chi connectivity index (χ3n) is 3.58. The monoisotopic (exact) mass is 277 g/mol. The number of anilines is 2. The number of hydrogen-bond acceptors (Lipinski definition) is 5. The van der Waals surface area contributed by atoms with Crippen LogP contribution >= 0.6 is 0 Å². The highest BCUT2D eigenvalue weighted by Gasteiger charge is 2.23. The van der Waals surface area contributed by atoms with Crippen LogP contribution in [-0.4, -0.2) is 49.9 Å². The average molecular weight is 277 g/mol. The van der Waals surface area contributed by atoms with Gasteiger partial charge in [0.2, 0.25) is 0 Å². The molecule has 0 aromatic carbocycles. The maximum Gasteiger partial charge on any atom is 0.257 e. The highest BCUT2D eigenvalue weighted by atomic mass is 16.6. The van der Waals surface area contributed by atoms with E-state index in [9.17, 15) is 4.79 Å². The van der Waals surface area contributed by atoms with E-state index in [0.717, 1.165) is 18.8 Å². The van der Waals surface area contributed by atoms with Crippen LogP contribution in [0.15, 0.2) is 18.3 Å². The summed E-state index contributed by atoms with van der Waals surface area (Å²) in [5.74, 6) is 0.346. The van der Waals surface area contributed by atoms with Crippen LogP contribution < -0.4 is 10.2 Å². The Bertz CT molecular complexity index is 451. The summed E-state index contributed by atoms with van der Waals surface area (Å²) >= 11 is 0. The number of hydrogen-bond donors (Lipinski definition) is 1. The number of nitrogens with zero attached hydrogens (tertiary/aromatic N) is 2. The van der Waals surface area contributed by atoms with Gasteiger partial charge in [-0.2, -0.15) is 0 Å². The lowest BCUT2D eigenvalue weighted by atomic mass is 10.3. The number of ether oxygens (including phenoxy) is 2. The van der Waals surface area contributed by atoms with Gasteiger partial charge in [-0.1, -0.05) is 0 Å². The summed E-state index contributed by atoms with van der Waals surface area (Å²) in [4.78, 5) is 18.5. The van der Waals surface area contributed by atoms with E-state index in [1.54, 1.807) is 6.20 Å². The number of rotatable bonds is 3. The highest BCUT2D eigenvalue weighted by Crippen LogP contribution is 2.20. The Morgan fingerprint density at radius 1 is 1.30 bits per heavy atom. The number of amides is 1. The highest BCUT2D eigenvalue weighted by molar-refractivity contribution is 5.93. The fourth-order valence-corrected chi connectivity index (χ4v) is 2.47. The first-order valence-electron chi connectivity index (χ1n) is 7.04. The van der Waals surface area contributed by atoms with Crippen molar-refractivity contribution < 1.29 is 14.3 Å². The lowest BCUT2D eigenvalue weighted by Crippen LogP contribution is -2.39. The molecule has 1 N–H and O–H groups in total. The van der Waals surface area contributed by atoms with Gasteiger partial charge in [-0.3, -0.25) is 4.79 Å². The van der Waals surface area contributed by atoms with Crippen molar-refractivity contribution in [1.82, 2.24) is 4.98 Å². The molecule has 3 heterocycles. The minimum absolute atomic E-state index is 0.203. The predicted molar refractivity (Wildman–Crippen MR) is 74.9 cm³/mol. The summed E-state index contributed by atoms with van der Waals surface area (Å²) < 4.78 is 10.6. The zero-order valence-electron chi connectivity index (χ0n) is 11.4. The lowest BCUT2D eigenvalue weighted by molar-refractivity contribution is -0.142. The molecule has 0 radical (unpaired) electrons. The molecule has 108 valence electrons. The minimum Gasteiger partial charge on any atom is -0.376 e. The number of pyridine rings is 1. The molecule has 2 saturated heterocycles. The summed E-state index contributed by atoms with van der Waals surface area (Å²) in [6.45, 7) is 3.48. The second-order valence-electron chi connectivity index (χ2n) is 5.02. The molecule has 2 aliphatic heterocycles. The van der Waals surface area contributed by atoms with Crippen LogP contribution in [0.1, 0.15) is 12.8 Å². The van der Waals surface area contributed by atoms with Crippen molar-refractivity contribution in [3.8, 4) is 0 Å². The van der Waals surface area contributed by atoms with Gasteiger partial charge in [0.25, 0.3) is 5.91 Å². The maximum absolute atomic E-state index is 11.9. The topological polar surface area (TPSA) is 63.7 Å². The smallest absolute Gasteiger partial charge is 0.257 e. The van der Waals surface area contributed by atoms with E-state index in [0.29, 0.717) is 25.6 Å². The second kappa shape index (κ2) is 6.19. The largest absolute Gasteiger partial charge is 0.376 e. The molecule has 0 spiro atoms. The quantitative estimate of drug-likeness (QED) is 0.894. The van der Waals surface area contributed by atoms with E-state index in [-0.39, 0.29) is 5.91 Å². The first-order valence-corrected chi connectivity index (χ1v) is 7.04. The third-order valence-corrected chi connectivity index (χ3v) is 3.58. The molecule has 1 aromatic heterocycles. The Hall–Kier alpha value is -1.66. The van der Waals surface area contributed by atoms with Gasteiger partial charge in [0, 0.05) is 13.1 Å². The molecule has 0 unspecified atom stereocenters. The van der Waals surface area contributed by atoms with Crippen LogP contribution in [-0.2, 0) is 14.3 Å². The standard InChI is InChI=1S/C14H19N3O3/c18-14(12-10-19-7-8-20-12)16-13-4-3-11(9-15-13)17-5-1-2-6-17/h3-4,9,12H,1-2,5-8,10H2,(H,15,16,18)/t12-/m0/s1. The Morgan fingerprint density at radius 3 is 2.80 bits per heavy atom. The number of nitrogens with one attached hydrogen (secondary N) is 1. The molecule has 2 aliphatic rings. The van der Waals surface area contributed by atoms with Gasteiger partial charge in [0.05, 0.1) is 31.7 Å². The molecule has 1 atom stereocenters. The molecule has 0 bridgehead atoms. The first kappa shape index (κ1) is 13.3. The third kappa shape index (κ3) is 3.08. The van der Waals surface area contributed by atoms with Crippen molar-refractivity contribution >= 4 is 17.4 Å². The van der Waals surface area contributed by atoms with E-state index in [1.165, 1.54) is 12.8 Å². The Balaban J connectivity index is 1.58. The van der Waals surface area contributed by atoms with Crippen molar-refractivity contribution in [2.45, 2.75) is 18.9 Å². The summed E-state index contributed by atoms with van der Waals surface area (Å²) in [7, 11) is 0. The van der Waals surface area contributed by atoms with Crippen LogP contribution in [0.5, 0.6) is 0 Å². The van der Waals surface area contributed by atoms with Crippen molar-refractivity contribution in [2.75, 3.05) is 43.1 Å². The Kier molecular flexibility index (Phi) is 4.13. The molecular weight excluding hydrogens is 258 g/mol. The SMILES string of the molecule is O=C(Nc1ccc(N2CCCC2)cn1)[C@@H]1COCCO1. The zero-order chi connectivity index (χ0) is 13.8. The van der Waals surface area contributed by atoms with E-state index in [1.807, 2.05) is 12.1 Å². The van der Waals surface area contributed by atoms with E-state index in [2.05, 4.69) is 15.2 Å². The molecular formula is C14H19N3O3. The Morgan fingerprint density at radius 2 is 2.15 bits per heavy atom. The molecule has 1 aromatic rings. The molecule has 20 heavy (non-hydrogen) atoms. The van der Waals surface area contributed by atoms with Crippen molar-refractivity contribution in [3.05, 3.63) is 18.3 Å². The van der Waals surface area contributed by atoms with Crippen molar-refractivity contribution in [3.63, 3.8) is 0 Å². The fourth-order valence-electron chi connectivity index (χ4n) is 2.47. The number of aromatic nitrogens is 1. The molecule has 3 rings (SSSR count). The van der Waals surface area contributed by atoms with E-state index >= 15 is 0 Å². The van der Waals surface area contributed by atoms with Crippen LogP contribution in [0, 0.1) is 0 Å². The predicted octanol–water partition coefficient (Wildman–Crippen LogP) is 1.04. The van der Waals surface area contributed by atoms with Crippen LogP contribution in [0.3, 0.4) is 0 Å². The lowest BCUT2D eigenvalue weighted by Gasteiger charge is -2.22. The first-order chi connectivity index (χ1) is 9.83. The van der Waals surface area contributed by atoms with Crippen molar-refractivity contribution in [1.29, 1.82) is 0 Å². The van der Waals surface area contributed by atoms with E-state index in [4.69, 9.17) is 9.47 Å². The number of carbonyl (C=O) groups is 1. The summed E-state index contributed by atoms with van der Waals surface area (Å²) in [6.07, 6.45) is 3.73. The molecule has 6 nitrogen and oxygen atoms in total. The fraction of sp³-hybridized carbons (Fsp3) is 0.571. The maximum atomic E-state index is 11.9. The normalized spacial score (nSPS) is 22.8. The summed E-state index contributed by atoms with van der Waals surface area (Å²) in [5, 5.41) is 2.76. The minimum atomic E-state index is -0.538. The molecule has 1 amide bonds. The molecule has 0 aliphatic carbocycles. The van der Waals surface area contributed by atoms with Gasteiger partial charge >= 0.3 is 0 Å². The van der Waals surface area contributed by atoms with Crippen LogP contribution in [0.4, 0.5) is 11.5 Å². The Labute approximate surface area is 118 Å². The zero-order valence-corrected chi connectivity index (χ0v) is 11.4. The van der Waals surface area contributed by atoms with Crippen molar-refractivity contribution in [2.24, 2.45) is 0 Å². The van der Waals surface area contributed by atoms with Gasteiger partial charge in [-0.05, 0) is 25.0 Å². The molecule has 6 heteroatoms. The van der Waals surface area contributed by atoms with Gasteiger partial charge in [-0.25, -0.2) is 4.98 Å². The number of carbonyl (C=O) groups excluding carboxylic acids is 1. The van der Waals surface area contributed by atoms with Gasteiger partial charge < -0.3 is 19.7 Å².